The van der Waals surface area contributed by atoms with E-state index in [-0.39, 0.29) is 0 Å². The topological polar surface area (TPSA) is 82.5 Å². The van der Waals surface area contributed by atoms with E-state index < -0.39 is 0 Å². The Balaban J connectivity index is 2.53. The Kier molecular flexibility index (Phi) is 2.78. The minimum absolute atomic E-state index is 0.300. The molecule has 0 unspecified atom stereocenters. The average molecular weight is 236 g/mol. The van der Waals surface area contributed by atoms with Gasteiger partial charge in [0, 0.05) is 11.4 Å². The predicted octanol–water partition coefficient (Wildman–Crippen LogP) is 0.978. The highest BCUT2D eigenvalue weighted by Crippen LogP contribution is 2.14. The SMILES string of the molecule is CSc1nc(N)n(-c2nc(C)cc(C)n2)n1. The zero-order chi connectivity index (χ0) is 11.7. The van der Waals surface area contributed by atoms with Crippen molar-refractivity contribution < 1.29 is 0 Å². The molecular weight excluding hydrogens is 224 g/mol. The molecule has 0 spiro atoms. The fourth-order valence-electron chi connectivity index (χ4n) is 1.34. The van der Waals surface area contributed by atoms with Crippen molar-refractivity contribution >= 4 is 17.7 Å². The van der Waals surface area contributed by atoms with E-state index in [0.717, 1.165) is 11.4 Å². The number of anilines is 1. The molecule has 6 nitrogen and oxygen atoms in total. The smallest absolute Gasteiger partial charge is 0.254 e. The zero-order valence-corrected chi connectivity index (χ0v) is 10.1. The molecule has 2 N–H and O–H groups in total. The number of aromatic nitrogens is 5. The van der Waals surface area contributed by atoms with Crippen LogP contribution in [0.2, 0.25) is 0 Å². The Morgan fingerprint density at radius 2 is 1.81 bits per heavy atom. The lowest BCUT2D eigenvalue weighted by Gasteiger charge is -2.02. The molecule has 0 bridgehead atoms. The fourth-order valence-corrected chi connectivity index (χ4v) is 1.69. The second kappa shape index (κ2) is 4.09. The lowest BCUT2D eigenvalue weighted by molar-refractivity contribution is 0.774. The summed E-state index contributed by atoms with van der Waals surface area (Å²) >= 11 is 1.43. The maximum absolute atomic E-state index is 5.75. The third-order valence-corrected chi connectivity index (χ3v) is 2.49. The van der Waals surface area contributed by atoms with E-state index in [4.69, 9.17) is 5.73 Å². The van der Waals surface area contributed by atoms with Crippen molar-refractivity contribution in [1.82, 2.24) is 24.7 Å². The normalized spacial score (nSPS) is 10.7. The summed E-state index contributed by atoms with van der Waals surface area (Å²) in [7, 11) is 0. The molecule has 2 rings (SSSR count). The van der Waals surface area contributed by atoms with Gasteiger partial charge in [-0.25, -0.2) is 9.97 Å². The average Bonchev–Trinajstić information content (AvgIpc) is 2.58. The molecule has 0 aliphatic rings. The predicted molar refractivity (Wildman–Crippen MR) is 62.6 cm³/mol. The number of rotatable bonds is 2. The number of nitrogens with two attached hydrogens (primary N) is 1. The van der Waals surface area contributed by atoms with Crippen LogP contribution in [0, 0.1) is 13.8 Å². The van der Waals surface area contributed by atoms with Gasteiger partial charge in [-0.3, -0.25) is 0 Å². The number of nitrogen functional groups attached to an aromatic ring is 1. The van der Waals surface area contributed by atoms with Crippen LogP contribution in [0.5, 0.6) is 0 Å². The quantitative estimate of drug-likeness (QED) is 0.783. The number of hydrogen-bond acceptors (Lipinski definition) is 6. The molecule has 16 heavy (non-hydrogen) atoms. The van der Waals surface area contributed by atoms with E-state index >= 15 is 0 Å². The van der Waals surface area contributed by atoms with E-state index in [0.29, 0.717) is 17.1 Å². The van der Waals surface area contributed by atoms with Gasteiger partial charge in [0.1, 0.15) is 0 Å². The van der Waals surface area contributed by atoms with Crippen LogP contribution in [0.25, 0.3) is 5.95 Å². The van der Waals surface area contributed by atoms with Crippen LogP contribution < -0.4 is 5.73 Å². The van der Waals surface area contributed by atoms with Gasteiger partial charge in [0.05, 0.1) is 0 Å². The lowest BCUT2D eigenvalue weighted by atomic mass is 10.4. The standard InChI is InChI=1S/C9H12N6S/c1-5-4-6(2)12-8(11-5)15-7(10)13-9(14-15)16-3/h4H,1-3H3,(H2,10,13,14). The highest BCUT2D eigenvalue weighted by Gasteiger charge is 2.10. The number of hydrogen-bond donors (Lipinski definition) is 1. The van der Waals surface area contributed by atoms with Gasteiger partial charge in [0.2, 0.25) is 11.1 Å². The first-order valence-electron chi connectivity index (χ1n) is 4.69. The Morgan fingerprint density at radius 1 is 1.19 bits per heavy atom. The molecule has 0 saturated heterocycles. The first-order valence-corrected chi connectivity index (χ1v) is 5.92. The van der Waals surface area contributed by atoms with Gasteiger partial charge in [-0.1, -0.05) is 11.8 Å². The van der Waals surface area contributed by atoms with Crippen molar-refractivity contribution in [1.29, 1.82) is 0 Å². The maximum Gasteiger partial charge on any atom is 0.254 e. The van der Waals surface area contributed by atoms with Crippen LogP contribution in [0.4, 0.5) is 5.95 Å². The van der Waals surface area contributed by atoms with Crippen LogP contribution in [0.15, 0.2) is 11.2 Å². The molecule has 0 saturated carbocycles. The largest absolute Gasteiger partial charge is 0.368 e. The summed E-state index contributed by atoms with van der Waals surface area (Å²) in [5, 5.41) is 4.81. The summed E-state index contributed by atoms with van der Waals surface area (Å²) in [5.41, 5.74) is 7.50. The summed E-state index contributed by atoms with van der Waals surface area (Å²) in [5.74, 6) is 0.761. The molecule has 2 aromatic rings. The van der Waals surface area contributed by atoms with E-state index in [1.165, 1.54) is 16.4 Å². The van der Waals surface area contributed by atoms with Crippen molar-refractivity contribution in [3.05, 3.63) is 17.5 Å². The summed E-state index contributed by atoms with van der Waals surface area (Å²) in [4.78, 5) is 12.6. The Hall–Kier alpha value is -1.63. The second-order valence-corrected chi connectivity index (χ2v) is 4.09. The van der Waals surface area contributed by atoms with Gasteiger partial charge < -0.3 is 5.73 Å². The third kappa shape index (κ3) is 1.99. The minimum atomic E-state index is 0.300. The Labute approximate surface area is 97.3 Å². The first-order chi connectivity index (χ1) is 7.60. The van der Waals surface area contributed by atoms with Gasteiger partial charge >= 0.3 is 0 Å². The number of thioether (sulfide) groups is 1. The molecule has 7 heteroatoms. The molecule has 2 heterocycles. The molecule has 2 aromatic heterocycles. The molecule has 0 fully saturated rings. The van der Waals surface area contributed by atoms with Gasteiger partial charge in [-0.05, 0) is 26.2 Å². The maximum atomic E-state index is 5.75. The fraction of sp³-hybridized carbons (Fsp3) is 0.333. The second-order valence-electron chi connectivity index (χ2n) is 3.32. The van der Waals surface area contributed by atoms with Gasteiger partial charge in [-0.15, -0.1) is 5.10 Å². The molecule has 0 aliphatic carbocycles. The Bertz CT molecular complexity index is 500. The molecule has 0 amide bonds. The van der Waals surface area contributed by atoms with Crippen LogP contribution in [0.1, 0.15) is 11.4 Å². The van der Waals surface area contributed by atoms with Crippen LogP contribution in [0.3, 0.4) is 0 Å². The van der Waals surface area contributed by atoms with E-state index in [2.05, 4.69) is 20.1 Å². The van der Waals surface area contributed by atoms with E-state index in [1.807, 2.05) is 26.2 Å². The summed E-state index contributed by atoms with van der Waals surface area (Å²) < 4.78 is 1.45. The third-order valence-electron chi connectivity index (χ3n) is 1.96. The molecule has 84 valence electrons. The van der Waals surface area contributed by atoms with E-state index in [9.17, 15) is 0 Å². The van der Waals surface area contributed by atoms with Crippen LogP contribution >= 0.6 is 11.8 Å². The highest BCUT2D eigenvalue weighted by atomic mass is 32.2. The Morgan fingerprint density at radius 3 is 2.31 bits per heavy atom. The molecule has 0 aliphatic heterocycles. The van der Waals surface area contributed by atoms with Gasteiger partial charge in [0.15, 0.2) is 0 Å². The van der Waals surface area contributed by atoms with Crippen molar-refractivity contribution in [3.63, 3.8) is 0 Å². The van der Waals surface area contributed by atoms with Gasteiger partial charge in [-0.2, -0.15) is 9.67 Å². The molecule has 0 radical (unpaired) electrons. The minimum Gasteiger partial charge on any atom is -0.368 e. The summed E-state index contributed by atoms with van der Waals surface area (Å²) in [6.07, 6.45) is 1.89. The monoisotopic (exact) mass is 236 g/mol. The lowest BCUT2D eigenvalue weighted by Crippen LogP contribution is -2.08. The highest BCUT2D eigenvalue weighted by molar-refractivity contribution is 7.98. The first kappa shape index (κ1) is 10.9. The van der Waals surface area contributed by atoms with Crippen LogP contribution in [-0.2, 0) is 0 Å². The number of nitrogens with zero attached hydrogens (tertiary/aromatic N) is 5. The molecule has 0 aromatic carbocycles. The summed E-state index contributed by atoms with van der Waals surface area (Å²) in [6.45, 7) is 3.81. The number of aryl methyl sites for hydroxylation is 2. The van der Waals surface area contributed by atoms with Crippen LogP contribution in [-0.4, -0.2) is 31.0 Å². The zero-order valence-electron chi connectivity index (χ0n) is 9.30. The van der Waals surface area contributed by atoms with E-state index in [1.54, 1.807) is 0 Å². The molecular formula is C9H12N6S. The molecule has 0 atom stereocenters. The van der Waals surface area contributed by atoms with Crippen molar-refractivity contribution in [3.8, 4) is 5.95 Å². The van der Waals surface area contributed by atoms with Crippen molar-refractivity contribution in [2.45, 2.75) is 19.0 Å². The summed E-state index contributed by atoms with van der Waals surface area (Å²) in [6, 6.07) is 1.89. The van der Waals surface area contributed by atoms with Crippen molar-refractivity contribution in [2.24, 2.45) is 0 Å². The van der Waals surface area contributed by atoms with Crippen molar-refractivity contribution in [2.75, 3.05) is 12.0 Å². The van der Waals surface area contributed by atoms with Gasteiger partial charge in [0.25, 0.3) is 5.95 Å².